The molecule has 0 heterocycles. The zero-order valence-corrected chi connectivity index (χ0v) is 36.2. The maximum atomic E-state index is 13.6. The number of primary amides is 1. The molecule has 0 aromatic carbocycles. The Morgan fingerprint density at radius 2 is 1.12 bits per heavy atom. The van der Waals surface area contributed by atoms with Crippen LogP contribution in [-0.4, -0.2) is 126 Å². The first-order valence-corrected chi connectivity index (χ1v) is 21.7. The van der Waals surface area contributed by atoms with E-state index < -0.39 is 90.3 Å². The lowest BCUT2D eigenvalue weighted by atomic mass is 9.92. The van der Waals surface area contributed by atoms with E-state index in [2.05, 4.69) is 42.2 Å². The van der Waals surface area contributed by atoms with Gasteiger partial charge in [-0.2, -0.15) is 11.8 Å². The highest BCUT2D eigenvalue weighted by atomic mass is 32.2. The average Bonchev–Trinajstić information content (AvgIpc) is 3.43. The summed E-state index contributed by atoms with van der Waals surface area (Å²) in [5, 5.41) is 27.8. The van der Waals surface area contributed by atoms with Crippen LogP contribution < -0.4 is 54.4 Å². The van der Waals surface area contributed by atoms with Crippen LogP contribution in [0.4, 0.5) is 0 Å². The number of guanidine groups is 1. The van der Waals surface area contributed by atoms with Crippen molar-refractivity contribution in [1.82, 2.24) is 37.2 Å². The van der Waals surface area contributed by atoms with Gasteiger partial charge in [0.2, 0.25) is 47.3 Å². The van der Waals surface area contributed by atoms with Crippen LogP contribution in [0, 0.1) is 11.8 Å². The predicted octanol–water partition coefficient (Wildman–Crippen LogP) is -1.87. The highest BCUT2D eigenvalue weighted by molar-refractivity contribution is 7.98. The number of nitrogens with zero attached hydrogens (tertiary/aromatic N) is 1. The molecule has 1 saturated carbocycles. The third-order valence-electron chi connectivity index (χ3n) is 9.75. The van der Waals surface area contributed by atoms with E-state index >= 15 is 0 Å². The van der Waals surface area contributed by atoms with Crippen molar-refractivity contribution < 1.29 is 43.5 Å². The molecule has 20 nitrogen and oxygen atoms in total. The standard InChI is InChI=1S/C38H69N11O9S/c1-21(2)18-28(31(39)52)48-37(58)30(20-50)49-33(54)23(4)44-35(56)27(15-17-59-6)46-32(53)22(3)43-34(55)26(14-11-16-42-38(40)41)47-36(57)29(45-24(5)51)19-25-12-9-7-8-10-13-25/h21-23,25-30,50H,7-20H2,1-6H3,(H2,39,52)(H,43,55)(H,44,56)(H,45,51)(H,46,53)(H,47,57)(H,48,58)(H,49,54)(H4,40,41,42)/t22-,23-,26-,27-,28-,29-,30-/m0/s1. The van der Waals surface area contributed by atoms with Crippen molar-refractivity contribution in [2.45, 2.75) is 148 Å². The molecule has 7 atom stereocenters. The maximum Gasteiger partial charge on any atom is 0.245 e. The monoisotopic (exact) mass is 856 g/mol. The van der Waals surface area contributed by atoms with Gasteiger partial charge in [0, 0.05) is 13.5 Å². The average molecular weight is 856 g/mol. The highest BCUT2D eigenvalue weighted by Gasteiger charge is 2.32. The third kappa shape index (κ3) is 21.2. The van der Waals surface area contributed by atoms with Gasteiger partial charge in [-0.25, -0.2) is 0 Å². The Hall–Kier alpha value is -4.66. The molecule has 0 aromatic heterocycles. The normalized spacial score (nSPS) is 16.6. The van der Waals surface area contributed by atoms with Crippen molar-refractivity contribution in [1.29, 1.82) is 0 Å². The second-order valence-corrected chi connectivity index (χ2v) is 16.5. The minimum atomic E-state index is -1.45. The first-order chi connectivity index (χ1) is 27.8. The minimum absolute atomic E-state index is 0.0110. The van der Waals surface area contributed by atoms with Crippen LogP contribution in [0.5, 0.6) is 0 Å². The number of aliphatic hydroxyl groups is 1. The lowest BCUT2D eigenvalue weighted by Gasteiger charge is -2.27. The number of hydrogen-bond acceptors (Lipinski definition) is 11. The molecule has 1 aliphatic rings. The van der Waals surface area contributed by atoms with Crippen LogP contribution in [-0.2, 0) is 38.4 Å². The quantitative estimate of drug-likeness (QED) is 0.0197. The molecule has 8 amide bonds. The minimum Gasteiger partial charge on any atom is -0.394 e. The first-order valence-electron chi connectivity index (χ1n) is 20.3. The summed E-state index contributed by atoms with van der Waals surface area (Å²) in [6.45, 7) is 7.08. The van der Waals surface area contributed by atoms with E-state index in [9.17, 15) is 43.5 Å². The lowest BCUT2D eigenvalue weighted by Crippen LogP contribution is -2.59. The zero-order chi connectivity index (χ0) is 44.7. The predicted molar refractivity (Wildman–Crippen MR) is 225 cm³/mol. The number of carbonyl (C=O) groups excluding carboxylic acids is 8. The molecule has 0 aromatic rings. The molecule has 0 spiro atoms. The first kappa shape index (κ1) is 52.4. The van der Waals surface area contributed by atoms with Crippen molar-refractivity contribution in [2.24, 2.45) is 34.0 Å². The van der Waals surface area contributed by atoms with Crippen LogP contribution >= 0.6 is 11.8 Å². The molecule has 0 radical (unpaired) electrons. The Labute approximate surface area is 351 Å². The van der Waals surface area contributed by atoms with Gasteiger partial charge >= 0.3 is 0 Å². The van der Waals surface area contributed by atoms with Crippen LogP contribution in [0.1, 0.15) is 105 Å². The summed E-state index contributed by atoms with van der Waals surface area (Å²) in [5.41, 5.74) is 16.3. The van der Waals surface area contributed by atoms with E-state index in [4.69, 9.17) is 17.2 Å². The Morgan fingerprint density at radius 1 is 0.644 bits per heavy atom. The molecular formula is C38H69N11O9S. The fraction of sp³-hybridized carbons (Fsp3) is 0.763. The maximum absolute atomic E-state index is 13.6. The number of rotatable bonds is 26. The Kier molecular flexibility index (Phi) is 24.8. The van der Waals surface area contributed by atoms with Gasteiger partial charge in [-0.05, 0) is 69.8 Å². The Morgan fingerprint density at radius 3 is 1.59 bits per heavy atom. The number of nitrogens with two attached hydrogens (primary N) is 3. The molecule has 0 unspecified atom stereocenters. The van der Waals surface area contributed by atoms with Crippen LogP contribution in [0.15, 0.2) is 4.99 Å². The number of carbonyl (C=O) groups is 8. The van der Waals surface area contributed by atoms with E-state index in [0.717, 1.165) is 38.5 Å². The summed E-state index contributed by atoms with van der Waals surface area (Å²) in [4.78, 5) is 108. The van der Waals surface area contributed by atoms with Crippen LogP contribution in [0.3, 0.4) is 0 Å². The third-order valence-corrected chi connectivity index (χ3v) is 10.4. The second kappa shape index (κ2) is 27.9. The van der Waals surface area contributed by atoms with Gasteiger partial charge in [-0.3, -0.25) is 43.3 Å². The number of amides is 8. The molecule has 0 saturated heterocycles. The van der Waals surface area contributed by atoms with Gasteiger partial charge in [0.15, 0.2) is 5.96 Å². The molecule has 21 heteroatoms. The van der Waals surface area contributed by atoms with Gasteiger partial charge in [-0.15, -0.1) is 0 Å². The van der Waals surface area contributed by atoms with E-state index in [1.807, 2.05) is 13.8 Å². The number of hydrogen-bond donors (Lipinski definition) is 11. The summed E-state index contributed by atoms with van der Waals surface area (Å²) >= 11 is 1.41. The van der Waals surface area contributed by atoms with E-state index in [0.29, 0.717) is 18.6 Å². The van der Waals surface area contributed by atoms with E-state index in [-0.39, 0.29) is 49.5 Å². The van der Waals surface area contributed by atoms with E-state index in [1.165, 1.54) is 32.5 Å². The van der Waals surface area contributed by atoms with Crippen LogP contribution in [0.25, 0.3) is 0 Å². The van der Waals surface area contributed by atoms with Crippen molar-refractivity contribution in [2.75, 3.05) is 25.2 Å². The number of aliphatic imine (C=N–C) groups is 1. The summed E-state index contributed by atoms with van der Waals surface area (Å²) in [6, 6.07) is -8.05. The molecular weight excluding hydrogens is 787 g/mol. The van der Waals surface area contributed by atoms with Crippen molar-refractivity contribution in [3.8, 4) is 0 Å². The van der Waals surface area contributed by atoms with Crippen molar-refractivity contribution in [3.05, 3.63) is 0 Å². The van der Waals surface area contributed by atoms with Gasteiger partial charge in [-0.1, -0.05) is 52.4 Å². The number of nitrogens with one attached hydrogen (secondary N) is 7. The summed E-state index contributed by atoms with van der Waals surface area (Å²) in [7, 11) is 0. The Balaban J connectivity index is 3.05. The highest BCUT2D eigenvalue weighted by Crippen LogP contribution is 2.26. The smallest absolute Gasteiger partial charge is 0.245 e. The molecule has 1 fully saturated rings. The second-order valence-electron chi connectivity index (χ2n) is 15.5. The van der Waals surface area contributed by atoms with Crippen molar-refractivity contribution in [3.63, 3.8) is 0 Å². The summed E-state index contributed by atoms with van der Waals surface area (Å²) in [6.07, 6.45) is 9.16. The number of thioether (sulfide) groups is 1. The van der Waals surface area contributed by atoms with Crippen molar-refractivity contribution >= 4 is 65.0 Å². The molecule has 59 heavy (non-hydrogen) atoms. The molecule has 1 rings (SSSR count). The molecule has 0 bridgehead atoms. The number of aliphatic hydroxyl groups excluding tert-OH is 1. The van der Waals surface area contributed by atoms with Gasteiger partial charge in [0.05, 0.1) is 6.61 Å². The molecule has 1 aliphatic carbocycles. The van der Waals surface area contributed by atoms with Gasteiger partial charge in [0.1, 0.15) is 42.3 Å². The summed E-state index contributed by atoms with van der Waals surface area (Å²) in [5.74, 6) is -4.99. The SMILES string of the molecule is CSCC[C@H](NC(=O)[C@H](C)NC(=O)[C@H](CCCN=C(N)N)NC(=O)[C@H](CC1CCCCCC1)NC(C)=O)C(=O)N[C@@H](C)C(=O)N[C@@H](CO)C(=O)N[C@@H](CC(C)C)C(N)=O. The fourth-order valence-electron chi connectivity index (χ4n) is 6.50. The van der Waals surface area contributed by atoms with Gasteiger partial charge in [0.25, 0.3) is 0 Å². The van der Waals surface area contributed by atoms with Crippen LogP contribution in [0.2, 0.25) is 0 Å². The Bertz CT molecular complexity index is 1440. The molecule has 336 valence electrons. The lowest BCUT2D eigenvalue weighted by molar-refractivity contribution is -0.135. The zero-order valence-electron chi connectivity index (χ0n) is 35.4. The molecule has 0 aliphatic heterocycles. The largest absolute Gasteiger partial charge is 0.394 e. The molecule has 14 N–H and O–H groups in total. The summed E-state index contributed by atoms with van der Waals surface area (Å²) < 4.78 is 0. The topological polar surface area (TPSA) is 331 Å². The van der Waals surface area contributed by atoms with Gasteiger partial charge < -0.3 is 59.5 Å². The fourth-order valence-corrected chi connectivity index (χ4v) is 6.97. The van der Waals surface area contributed by atoms with E-state index in [1.54, 1.807) is 6.26 Å².